The van der Waals surface area contributed by atoms with Gasteiger partial charge >= 0.3 is 0 Å². The molecule has 3 rings (SSSR count). The molecule has 0 aliphatic rings. The monoisotopic (exact) mass is 396 g/mol. The van der Waals surface area contributed by atoms with Crippen LogP contribution < -0.4 is 10.1 Å². The summed E-state index contributed by atoms with van der Waals surface area (Å²) in [7, 11) is 1.65. The molecule has 1 atom stereocenters. The van der Waals surface area contributed by atoms with Crippen LogP contribution in [0.1, 0.15) is 18.1 Å². The molecule has 1 heterocycles. The summed E-state index contributed by atoms with van der Waals surface area (Å²) in [6, 6.07) is 15.9. The van der Waals surface area contributed by atoms with Crippen LogP contribution in [0, 0.1) is 6.92 Å². The highest BCUT2D eigenvalue weighted by atomic mass is 32.2. The van der Waals surface area contributed by atoms with Gasteiger partial charge in [0.05, 0.1) is 12.4 Å². The van der Waals surface area contributed by atoms with Crippen LogP contribution in [-0.2, 0) is 11.2 Å². The van der Waals surface area contributed by atoms with Crippen LogP contribution >= 0.6 is 11.8 Å². The molecule has 0 aliphatic heterocycles. The van der Waals surface area contributed by atoms with Crippen molar-refractivity contribution in [3.8, 4) is 17.1 Å². The summed E-state index contributed by atoms with van der Waals surface area (Å²) >= 11 is 1.34. The number of nitrogens with one attached hydrogen (secondary N) is 2. The largest absolute Gasteiger partial charge is 0.497 e. The molecular weight excluding hydrogens is 372 g/mol. The van der Waals surface area contributed by atoms with Crippen molar-refractivity contribution in [2.45, 2.75) is 30.7 Å². The Morgan fingerprint density at radius 1 is 1.18 bits per heavy atom. The number of thioether (sulfide) groups is 1. The van der Waals surface area contributed by atoms with Gasteiger partial charge in [-0.05, 0) is 38.0 Å². The standard InChI is InChI=1S/C21H24N4O2S/c1-14-4-8-17(9-5-14)19-23-21(25-24-19)28-15(2)20(26)22-13-12-16-6-10-18(27-3)11-7-16/h4-11,15H,12-13H2,1-3H3,(H,22,26)(H,23,24,25)/t15-/m1/s1. The fourth-order valence-corrected chi connectivity index (χ4v) is 3.37. The first-order valence-electron chi connectivity index (χ1n) is 9.12. The van der Waals surface area contributed by atoms with E-state index in [1.54, 1.807) is 7.11 Å². The molecule has 2 N–H and O–H groups in total. The van der Waals surface area contributed by atoms with Crippen molar-refractivity contribution < 1.29 is 9.53 Å². The number of nitrogens with zero attached hydrogens (tertiary/aromatic N) is 2. The number of methoxy groups -OCH3 is 1. The number of hydrogen-bond acceptors (Lipinski definition) is 5. The van der Waals surface area contributed by atoms with E-state index in [-0.39, 0.29) is 11.2 Å². The normalized spacial score (nSPS) is 11.8. The Morgan fingerprint density at radius 2 is 1.89 bits per heavy atom. The lowest BCUT2D eigenvalue weighted by molar-refractivity contribution is -0.120. The van der Waals surface area contributed by atoms with Gasteiger partial charge in [-0.1, -0.05) is 53.7 Å². The van der Waals surface area contributed by atoms with Crippen LogP contribution in [0.4, 0.5) is 0 Å². The summed E-state index contributed by atoms with van der Waals surface area (Å²) in [5.41, 5.74) is 3.32. The Morgan fingerprint density at radius 3 is 2.57 bits per heavy atom. The maximum absolute atomic E-state index is 12.3. The van der Waals surface area contributed by atoms with E-state index in [4.69, 9.17) is 4.74 Å². The molecule has 1 aromatic heterocycles. The Kier molecular flexibility index (Phi) is 6.71. The predicted molar refractivity (Wildman–Crippen MR) is 112 cm³/mol. The number of carbonyl (C=O) groups excluding carboxylic acids is 1. The molecule has 0 saturated carbocycles. The molecule has 3 aromatic rings. The maximum atomic E-state index is 12.3. The lowest BCUT2D eigenvalue weighted by Gasteiger charge is -2.10. The summed E-state index contributed by atoms with van der Waals surface area (Å²) in [5, 5.41) is 10.4. The number of aromatic nitrogens is 3. The molecule has 0 fully saturated rings. The molecule has 2 aromatic carbocycles. The van der Waals surface area contributed by atoms with Gasteiger partial charge in [-0.15, -0.1) is 5.10 Å². The number of ether oxygens (including phenoxy) is 1. The summed E-state index contributed by atoms with van der Waals surface area (Å²) in [5.74, 6) is 1.50. The zero-order chi connectivity index (χ0) is 19.9. The van der Waals surface area contributed by atoms with E-state index in [1.807, 2.05) is 62.4 Å². The van der Waals surface area contributed by atoms with E-state index in [1.165, 1.54) is 17.3 Å². The summed E-state index contributed by atoms with van der Waals surface area (Å²) in [4.78, 5) is 16.8. The average Bonchev–Trinajstić information content (AvgIpc) is 3.17. The summed E-state index contributed by atoms with van der Waals surface area (Å²) < 4.78 is 5.15. The first-order chi connectivity index (χ1) is 13.5. The fraction of sp³-hybridized carbons (Fsp3) is 0.286. The second-order valence-corrected chi connectivity index (χ2v) is 7.79. The van der Waals surface area contributed by atoms with Gasteiger partial charge in [0.25, 0.3) is 0 Å². The number of hydrogen-bond donors (Lipinski definition) is 2. The lowest BCUT2D eigenvalue weighted by Crippen LogP contribution is -2.32. The lowest BCUT2D eigenvalue weighted by atomic mass is 10.1. The van der Waals surface area contributed by atoms with E-state index >= 15 is 0 Å². The molecule has 7 heteroatoms. The minimum atomic E-state index is -0.280. The number of carbonyl (C=O) groups is 1. The van der Waals surface area contributed by atoms with Crippen LogP contribution in [0.15, 0.2) is 53.7 Å². The fourth-order valence-electron chi connectivity index (χ4n) is 2.62. The van der Waals surface area contributed by atoms with Crippen molar-refractivity contribution in [1.29, 1.82) is 0 Å². The number of aryl methyl sites for hydroxylation is 1. The summed E-state index contributed by atoms with van der Waals surface area (Å²) in [6.45, 7) is 4.48. The quantitative estimate of drug-likeness (QED) is 0.569. The Labute approximate surface area is 169 Å². The highest BCUT2D eigenvalue weighted by molar-refractivity contribution is 8.00. The topological polar surface area (TPSA) is 79.9 Å². The van der Waals surface area contributed by atoms with Crippen LogP contribution in [0.3, 0.4) is 0 Å². The molecule has 146 valence electrons. The highest BCUT2D eigenvalue weighted by Gasteiger charge is 2.17. The van der Waals surface area contributed by atoms with Crippen molar-refractivity contribution in [3.05, 3.63) is 59.7 Å². The third-order valence-corrected chi connectivity index (χ3v) is 5.27. The Balaban J connectivity index is 1.48. The van der Waals surface area contributed by atoms with Gasteiger partial charge in [0.1, 0.15) is 5.75 Å². The molecule has 28 heavy (non-hydrogen) atoms. The van der Waals surface area contributed by atoms with Crippen molar-refractivity contribution in [1.82, 2.24) is 20.5 Å². The van der Waals surface area contributed by atoms with Gasteiger partial charge < -0.3 is 10.1 Å². The van der Waals surface area contributed by atoms with Crippen LogP contribution in [0.2, 0.25) is 0 Å². The van der Waals surface area contributed by atoms with Gasteiger partial charge in [-0.25, -0.2) is 4.98 Å². The number of H-pyrrole nitrogens is 1. The van der Waals surface area contributed by atoms with Crippen LogP contribution in [0.5, 0.6) is 5.75 Å². The molecule has 1 amide bonds. The summed E-state index contributed by atoms with van der Waals surface area (Å²) in [6.07, 6.45) is 0.769. The third-order valence-electron chi connectivity index (χ3n) is 4.31. The molecule has 6 nitrogen and oxygen atoms in total. The van der Waals surface area contributed by atoms with Gasteiger partial charge in [0.15, 0.2) is 5.82 Å². The van der Waals surface area contributed by atoms with Gasteiger partial charge in [-0.3, -0.25) is 9.89 Å². The van der Waals surface area contributed by atoms with E-state index in [0.717, 1.165) is 23.3 Å². The molecular formula is C21H24N4O2S. The SMILES string of the molecule is COc1ccc(CCNC(=O)[C@@H](C)Sc2n[nH]c(-c3ccc(C)cc3)n2)cc1. The van der Waals surface area contributed by atoms with E-state index in [0.29, 0.717) is 17.5 Å². The predicted octanol–water partition coefficient (Wildman–Crippen LogP) is 3.63. The molecule has 0 radical (unpaired) electrons. The van der Waals surface area contributed by atoms with Crippen LogP contribution in [-0.4, -0.2) is 40.0 Å². The van der Waals surface area contributed by atoms with Crippen LogP contribution in [0.25, 0.3) is 11.4 Å². The van der Waals surface area contributed by atoms with E-state index in [9.17, 15) is 4.79 Å². The van der Waals surface area contributed by atoms with Crippen molar-refractivity contribution in [3.63, 3.8) is 0 Å². The zero-order valence-corrected chi connectivity index (χ0v) is 17.0. The number of benzene rings is 2. The van der Waals surface area contributed by atoms with Gasteiger partial charge in [-0.2, -0.15) is 0 Å². The van der Waals surface area contributed by atoms with Crippen molar-refractivity contribution >= 4 is 17.7 Å². The first-order valence-corrected chi connectivity index (χ1v) is 10.00. The third kappa shape index (κ3) is 5.36. The second-order valence-electron chi connectivity index (χ2n) is 6.48. The van der Waals surface area contributed by atoms with E-state index < -0.39 is 0 Å². The Hall–Kier alpha value is -2.80. The Bertz CT molecular complexity index is 907. The van der Waals surface area contributed by atoms with Crippen molar-refractivity contribution in [2.24, 2.45) is 0 Å². The molecule has 0 unspecified atom stereocenters. The molecule has 0 aliphatic carbocycles. The zero-order valence-electron chi connectivity index (χ0n) is 16.2. The van der Waals surface area contributed by atoms with E-state index in [2.05, 4.69) is 20.5 Å². The smallest absolute Gasteiger partial charge is 0.233 e. The van der Waals surface area contributed by atoms with Gasteiger partial charge in [0, 0.05) is 12.1 Å². The average molecular weight is 397 g/mol. The second kappa shape index (κ2) is 9.41. The highest BCUT2D eigenvalue weighted by Crippen LogP contribution is 2.23. The first kappa shape index (κ1) is 19.9. The number of amides is 1. The molecule has 0 spiro atoms. The minimum absolute atomic E-state index is 0.0276. The number of aromatic amines is 1. The maximum Gasteiger partial charge on any atom is 0.233 e. The van der Waals surface area contributed by atoms with Crippen molar-refractivity contribution in [2.75, 3.05) is 13.7 Å². The molecule has 0 bridgehead atoms. The van der Waals surface area contributed by atoms with Gasteiger partial charge in [0.2, 0.25) is 11.1 Å². The molecule has 0 saturated heterocycles. The number of rotatable bonds is 8. The minimum Gasteiger partial charge on any atom is -0.497 e.